The molecule has 1 heterocycles. The third kappa shape index (κ3) is 3.19. The van der Waals surface area contributed by atoms with Gasteiger partial charge in [-0.1, -0.05) is 18.2 Å². The maximum Gasteiger partial charge on any atom is 0.313 e. The molecule has 2 aromatic carbocycles. The van der Waals surface area contributed by atoms with Gasteiger partial charge in [0.1, 0.15) is 0 Å². The lowest BCUT2D eigenvalue weighted by Crippen LogP contribution is -2.12. The van der Waals surface area contributed by atoms with E-state index in [1.165, 1.54) is 7.11 Å². The molecule has 7 heteroatoms. The van der Waals surface area contributed by atoms with Gasteiger partial charge >= 0.3 is 11.8 Å². The molecule has 0 saturated heterocycles. The molecule has 0 aliphatic heterocycles. The molecule has 0 aliphatic carbocycles. The van der Waals surface area contributed by atoms with Crippen LogP contribution in [0.5, 0.6) is 11.5 Å². The number of amides is 1. The highest BCUT2D eigenvalue weighted by atomic mass is 16.5. The molecular formula is C17H15N3O4. The fourth-order valence-electron chi connectivity index (χ4n) is 2.11. The number of carbonyl (C=O) groups is 1. The normalized spacial score (nSPS) is 10.2. The smallest absolute Gasteiger partial charge is 0.313 e. The van der Waals surface area contributed by atoms with Crippen molar-refractivity contribution in [1.82, 2.24) is 10.2 Å². The topological polar surface area (TPSA) is 86.5 Å². The zero-order chi connectivity index (χ0) is 16.9. The van der Waals surface area contributed by atoms with Crippen LogP contribution in [0.1, 0.15) is 10.7 Å². The summed E-state index contributed by atoms with van der Waals surface area (Å²) in [4.78, 5) is 12.2. The molecule has 0 aliphatic rings. The third-order valence-electron chi connectivity index (χ3n) is 3.28. The Labute approximate surface area is 138 Å². The molecule has 24 heavy (non-hydrogen) atoms. The first-order valence-electron chi connectivity index (χ1n) is 7.13. The summed E-state index contributed by atoms with van der Waals surface area (Å²) in [7, 11) is 3.06. The SMILES string of the molecule is COc1ccc(NC(=O)c2nnc(-c3ccccc3)o2)cc1OC. The van der Waals surface area contributed by atoms with Gasteiger partial charge in [0.15, 0.2) is 11.5 Å². The molecule has 3 rings (SSSR count). The summed E-state index contributed by atoms with van der Waals surface area (Å²) in [5, 5.41) is 10.3. The van der Waals surface area contributed by atoms with E-state index in [4.69, 9.17) is 13.9 Å². The Hall–Kier alpha value is -3.35. The summed E-state index contributed by atoms with van der Waals surface area (Å²) in [6, 6.07) is 14.3. The lowest BCUT2D eigenvalue weighted by atomic mass is 10.2. The van der Waals surface area contributed by atoms with Crippen molar-refractivity contribution < 1.29 is 18.7 Å². The van der Waals surface area contributed by atoms with Crippen molar-refractivity contribution in [2.75, 3.05) is 19.5 Å². The summed E-state index contributed by atoms with van der Waals surface area (Å²) < 4.78 is 15.8. The number of carbonyl (C=O) groups excluding carboxylic acids is 1. The number of nitrogens with zero attached hydrogens (tertiary/aromatic N) is 2. The fourth-order valence-corrected chi connectivity index (χ4v) is 2.11. The van der Waals surface area contributed by atoms with Gasteiger partial charge in [0.05, 0.1) is 14.2 Å². The van der Waals surface area contributed by atoms with Gasteiger partial charge in [-0.25, -0.2) is 0 Å². The van der Waals surface area contributed by atoms with Crippen LogP contribution in [0.4, 0.5) is 5.69 Å². The van der Waals surface area contributed by atoms with E-state index in [9.17, 15) is 4.79 Å². The average molecular weight is 325 g/mol. The standard InChI is InChI=1S/C17H15N3O4/c1-22-13-9-8-12(10-14(13)23-2)18-15(21)17-20-19-16(24-17)11-6-4-3-5-7-11/h3-10H,1-2H3,(H,18,21). The van der Waals surface area contributed by atoms with E-state index in [0.717, 1.165) is 5.56 Å². The quantitative estimate of drug-likeness (QED) is 0.776. The molecule has 122 valence electrons. The maximum atomic E-state index is 12.2. The van der Waals surface area contributed by atoms with Crippen LogP contribution in [0.15, 0.2) is 52.9 Å². The van der Waals surface area contributed by atoms with Gasteiger partial charge in [-0.05, 0) is 24.3 Å². The third-order valence-corrected chi connectivity index (χ3v) is 3.28. The minimum absolute atomic E-state index is 0.122. The first kappa shape index (κ1) is 15.5. The number of nitrogens with one attached hydrogen (secondary N) is 1. The van der Waals surface area contributed by atoms with Crippen LogP contribution in [-0.2, 0) is 0 Å². The fraction of sp³-hybridized carbons (Fsp3) is 0.118. The Kier molecular flexibility index (Phi) is 4.42. The van der Waals surface area contributed by atoms with Gasteiger partial charge in [-0.15, -0.1) is 10.2 Å². The van der Waals surface area contributed by atoms with Crippen LogP contribution in [0.2, 0.25) is 0 Å². The van der Waals surface area contributed by atoms with Crippen LogP contribution < -0.4 is 14.8 Å². The molecule has 0 spiro atoms. The largest absolute Gasteiger partial charge is 0.493 e. The summed E-state index contributed by atoms with van der Waals surface area (Å²) >= 11 is 0. The van der Waals surface area contributed by atoms with E-state index in [0.29, 0.717) is 17.2 Å². The lowest BCUT2D eigenvalue weighted by Gasteiger charge is -2.09. The molecule has 0 fully saturated rings. The lowest BCUT2D eigenvalue weighted by molar-refractivity contribution is 0.0991. The zero-order valence-corrected chi connectivity index (χ0v) is 13.1. The van der Waals surface area contributed by atoms with Gasteiger partial charge in [-0.3, -0.25) is 4.79 Å². The van der Waals surface area contributed by atoms with Crippen LogP contribution in [0, 0.1) is 0 Å². The van der Waals surface area contributed by atoms with Crippen molar-refractivity contribution >= 4 is 11.6 Å². The Morgan fingerprint density at radius 3 is 2.46 bits per heavy atom. The minimum Gasteiger partial charge on any atom is -0.493 e. The van der Waals surface area contributed by atoms with Crippen molar-refractivity contribution in [3.05, 3.63) is 54.4 Å². The first-order chi connectivity index (χ1) is 11.7. The van der Waals surface area contributed by atoms with E-state index in [1.54, 1.807) is 25.3 Å². The molecule has 0 atom stereocenters. The summed E-state index contributed by atoms with van der Waals surface area (Å²) in [5.74, 6) is 0.735. The molecule has 3 aromatic rings. The number of hydrogen-bond acceptors (Lipinski definition) is 6. The van der Waals surface area contributed by atoms with Gasteiger partial charge < -0.3 is 19.2 Å². The van der Waals surface area contributed by atoms with Crippen LogP contribution in [0.25, 0.3) is 11.5 Å². The number of methoxy groups -OCH3 is 2. The van der Waals surface area contributed by atoms with Crippen molar-refractivity contribution in [3.8, 4) is 23.0 Å². The van der Waals surface area contributed by atoms with Crippen molar-refractivity contribution in [1.29, 1.82) is 0 Å². The average Bonchev–Trinajstić information content (AvgIpc) is 3.12. The predicted molar refractivity (Wildman–Crippen MR) is 87.2 cm³/mol. The summed E-state index contributed by atoms with van der Waals surface area (Å²) in [5.41, 5.74) is 1.27. The van der Waals surface area contributed by atoms with Crippen LogP contribution in [0.3, 0.4) is 0 Å². The van der Waals surface area contributed by atoms with Gasteiger partial charge in [0.2, 0.25) is 5.89 Å². The molecule has 1 N–H and O–H groups in total. The monoisotopic (exact) mass is 325 g/mol. The van der Waals surface area contributed by atoms with E-state index in [-0.39, 0.29) is 11.8 Å². The second kappa shape index (κ2) is 6.82. The molecular weight excluding hydrogens is 310 g/mol. The van der Waals surface area contributed by atoms with Gasteiger partial charge in [-0.2, -0.15) is 0 Å². The van der Waals surface area contributed by atoms with Crippen LogP contribution in [-0.4, -0.2) is 30.3 Å². The highest BCUT2D eigenvalue weighted by Gasteiger charge is 2.16. The highest BCUT2D eigenvalue weighted by molar-refractivity contribution is 6.01. The second-order valence-corrected chi connectivity index (χ2v) is 4.80. The number of anilines is 1. The Morgan fingerprint density at radius 2 is 1.75 bits per heavy atom. The second-order valence-electron chi connectivity index (χ2n) is 4.80. The van der Waals surface area contributed by atoms with E-state index >= 15 is 0 Å². The summed E-state index contributed by atoms with van der Waals surface area (Å²) in [6.07, 6.45) is 0. The number of hydrogen-bond donors (Lipinski definition) is 1. The Morgan fingerprint density at radius 1 is 1.00 bits per heavy atom. The maximum absolute atomic E-state index is 12.2. The highest BCUT2D eigenvalue weighted by Crippen LogP contribution is 2.30. The zero-order valence-electron chi connectivity index (χ0n) is 13.1. The van der Waals surface area contributed by atoms with E-state index in [2.05, 4.69) is 15.5 Å². The molecule has 7 nitrogen and oxygen atoms in total. The minimum atomic E-state index is -0.503. The number of rotatable bonds is 5. The van der Waals surface area contributed by atoms with Crippen LogP contribution >= 0.6 is 0 Å². The van der Waals surface area contributed by atoms with Crippen molar-refractivity contribution in [2.45, 2.75) is 0 Å². The van der Waals surface area contributed by atoms with Crippen molar-refractivity contribution in [2.24, 2.45) is 0 Å². The van der Waals surface area contributed by atoms with E-state index < -0.39 is 5.91 Å². The number of ether oxygens (including phenoxy) is 2. The first-order valence-corrected chi connectivity index (χ1v) is 7.13. The number of aromatic nitrogens is 2. The molecule has 0 radical (unpaired) electrons. The molecule has 0 saturated carbocycles. The van der Waals surface area contributed by atoms with E-state index in [1.807, 2.05) is 30.3 Å². The predicted octanol–water partition coefficient (Wildman–Crippen LogP) is 3.01. The van der Waals surface area contributed by atoms with Crippen molar-refractivity contribution in [3.63, 3.8) is 0 Å². The molecule has 0 bridgehead atoms. The van der Waals surface area contributed by atoms with Gasteiger partial charge in [0, 0.05) is 17.3 Å². The number of benzene rings is 2. The Bertz CT molecular complexity index is 846. The molecule has 0 unspecified atom stereocenters. The molecule has 1 amide bonds. The molecule has 1 aromatic heterocycles. The Balaban J connectivity index is 1.77. The van der Waals surface area contributed by atoms with Gasteiger partial charge in [0.25, 0.3) is 0 Å². The summed E-state index contributed by atoms with van der Waals surface area (Å²) in [6.45, 7) is 0.